The summed E-state index contributed by atoms with van der Waals surface area (Å²) in [4.78, 5) is 11.1. The lowest BCUT2D eigenvalue weighted by Gasteiger charge is -2.08. The first-order valence-electron chi connectivity index (χ1n) is 4.88. The summed E-state index contributed by atoms with van der Waals surface area (Å²) in [5, 5.41) is 2.91. The maximum absolute atomic E-state index is 11.1. The zero-order valence-corrected chi connectivity index (χ0v) is 8.82. The molecule has 0 radical (unpaired) electrons. The molecule has 0 saturated carbocycles. The molecule has 0 aliphatic rings. The Kier molecular flexibility index (Phi) is 4.41. The van der Waals surface area contributed by atoms with Gasteiger partial charge in [0, 0.05) is 5.70 Å². The standard InChI is InChI=1S/C12H15NO2/c1-3-15-12(14)9-13-10(2)11-7-5-4-6-8-11/h4-8,13H,2-3,9H2,1H3. The van der Waals surface area contributed by atoms with E-state index in [1.54, 1.807) is 6.92 Å². The van der Waals surface area contributed by atoms with Crippen LogP contribution in [0.1, 0.15) is 12.5 Å². The Labute approximate surface area is 89.8 Å². The van der Waals surface area contributed by atoms with Crippen LogP contribution in [0.5, 0.6) is 0 Å². The van der Waals surface area contributed by atoms with E-state index in [0.29, 0.717) is 6.61 Å². The number of carbonyl (C=O) groups is 1. The molecule has 0 fully saturated rings. The summed E-state index contributed by atoms with van der Waals surface area (Å²) < 4.78 is 4.79. The van der Waals surface area contributed by atoms with E-state index in [0.717, 1.165) is 11.3 Å². The van der Waals surface area contributed by atoms with Crippen molar-refractivity contribution in [3.8, 4) is 0 Å². The lowest BCUT2D eigenvalue weighted by Crippen LogP contribution is -2.23. The Morgan fingerprint density at radius 1 is 1.40 bits per heavy atom. The quantitative estimate of drug-likeness (QED) is 0.745. The van der Waals surface area contributed by atoms with Crippen LogP contribution in [-0.2, 0) is 9.53 Å². The van der Waals surface area contributed by atoms with E-state index < -0.39 is 0 Å². The number of hydrogen-bond donors (Lipinski definition) is 1. The molecule has 0 unspecified atom stereocenters. The summed E-state index contributed by atoms with van der Waals surface area (Å²) >= 11 is 0. The van der Waals surface area contributed by atoms with Crippen LogP contribution >= 0.6 is 0 Å². The van der Waals surface area contributed by atoms with Gasteiger partial charge in [0.2, 0.25) is 0 Å². The molecule has 1 aromatic rings. The third-order valence-electron chi connectivity index (χ3n) is 1.87. The molecule has 0 heterocycles. The van der Waals surface area contributed by atoms with Crippen molar-refractivity contribution >= 4 is 11.7 Å². The molecule has 3 nitrogen and oxygen atoms in total. The van der Waals surface area contributed by atoms with Crippen molar-refractivity contribution in [1.82, 2.24) is 5.32 Å². The van der Waals surface area contributed by atoms with Crippen molar-refractivity contribution in [2.24, 2.45) is 0 Å². The molecular weight excluding hydrogens is 190 g/mol. The third kappa shape index (κ3) is 3.85. The van der Waals surface area contributed by atoms with Gasteiger partial charge in [-0.3, -0.25) is 4.79 Å². The number of ether oxygens (including phenoxy) is 1. The topological polar surface area (TPSA) is 38.3 Å². The molecule has 1 aromatic carbocycles. The van der Waals surface area contributed by atoms with E-state index in [-0.39, 0.29) is 12.5 Å². The highest BCUT2D eigenvalue weighted by Gasteiger charge is 2.02. The van der Waals surface area contributed by atoms with Gasteiger partial charge in [-0.25, -0.2) is 0 Å². The van der Waals surface area contributed by atoms with Crippen LogP contribution in [0.4, 0.5) is 0 Å². The van der Waals surface area contributed by atoms with Gasteiger partial charge < -0.3 is 10.1 Å². The first kappa shape index (κ1) is 11.3. The molecule has 1 N–H and O–H groups in total. The molecule has 3 heteroatoms. The average molecular weight is 205 g/mol. The predicted octanol–water partition coefficient (Wildman–Crippen LogP) is 1.81. The third-order valence-corrected chi connectivity index (χ3v) is 1.87. The normalized spacial score (nSPS) is 9.40. The molecule has 0 saturated heterocycles. The van der Waals surface area contributed by atoms with Crippen molar-refractivity contribution in [3.63, 3.8) is 0 Å². The Balaban J connectivity index is 2.40. The monoisotopic (exact) mass is 205 g/mol. The van der Waals surface area contributed by atoms with Gasteiger partial charge >= 0.3 is 5.97 Å². The fraction of sp³-hybridized carbons (Fsp3) is 0.250. The maximum atomic E-state index is 11.1. The largest absolute Gasteiger partial charge is 0.465 e. The molecule has 0 aromatic heterocycles. The Bertz CT molecular complexity index is 333. The Hall–Kier alpha value is -1.77. The van der Waals surface area contributed by atoms with Crippen molar-refractivity contribution in [2.45, 2.75) is 6.92 Å². The Morgan fingerprint density at radius 2 is 2.07 bits per heavy atom. The summed E-state index contributed by atoms with van der Waals surface area (Å²) in [5.41, 5.74) is 1.70. The summed E-state index contributed by atoms with van der Waals surface area (Å²) in [6.45, 7) is 6.18. The number of hydrogen-bond acceptors (Lipinski definition) is 3. The predicted molar refractivity (Wildman–Crippen MR) is 60.1 cm³/mol. The van der Waals surface area contributed by atoms with Gasteiger partial charge in [0.05, 0.1) is 6.61 Å². The minimum absolute atomic E-state index is 0.154. The average Bonchev–Trinajstić information content (AvgIpc) is 2.27. The van der Waals surface area contributed by atoms with Gasteiger partial charge in [-0.05, 0) is 12.5 Å². The summed E-state index contributed by atoms with van der Waals surface area (Å²) in [5.74, 6) is -0.269. The van der Waals surface area contributed by atoms with Gasteiger partial charge in [-0.15, -0.1) is 0 Å². The zero-order chi connectivity index (χ0) is 11.1. The molecule has 0 aliphatic carbocycles. The van der Waals surface area contributed by atoms with Crippen molar-refractivity contribution in [1.29, 1.82) is 0 Å². The highest BCUT2D eigenvalue weighted by atomic mass is 16.5. The second-order valence-corrected chi connectivity index (χ2v) is 3.00. The minimum Gasteiger partial charge on any atom is -0.465 e. The second-order valence-electron chi connectivity index (χ2n) is 3.00. The molecule has 0 aliphatic heterocycles. The van der Waals surface area contributed by atoms with E-state index in [9.17, 15) is 4.79 Å². The molecule has 1 rings (SSSR count). The first-order chi connectivity index (χ1) is 7.24. The van der Waals surface area contributed by atoms with Crippen molar-refractivity contribution in [2.75, 3.05) is 13.2 Å². The first-order valence-corrected chi connectivity index (χ1v) is 4.88. The zero-order valence-electron chi connectivity index (χ0n) is 8.82. The van der Waals surface area contributed by atoms with Gasteiger partial charge in [-0.1, -0.05) is 36.9 Å². The summed E-state index contributed by atoms with van der Waals surface area (Å²) in [6, 6.07) is 9.64. The lowest BCUT2D eigenvalue weighted by molar-refractivity contribution is -0.141. The molecule has 0 bridgehead atoms. The maximum Gasteiger partial charge on any atom is 0.325 e. The lowest BCUT2D eigenvalue weighted by atomic mass is 10.2. The van der Waals surface area contributed by atoms with E-state index in [4.69, 9.17) is 4.74 Å². The van der Waals surface area contributed by atoms with Crippen LogP contribution in [0.15, 0.2) is 36.9 Å². The molecule has 15 heavy (non-hydrogen) atoms. The van der Waals surface area contributed by atoms with Gasteiger partial charge in [0.15, 0.2) is 0 Å². The van der Waals surface area contributed by atoms with Gasteiger partial charge in [0.1, 0.15) is 6.54 Å². The molecule has 80 valence electrons. The molecule has 0 spiro atoms. The van der Waals surface area contributed by atoms with Crippen LogP contribution in [-0.4, -0.2) is 19.1 Å². The van der Waals surface area contributed by atoms with E-state index in [1.165, 1.54) is 0 Å². The van der Waals surface area contributed by atoms with Crippen molar-refractivity contribution < 1.29 is 9.53 Å². The number of nitrogens with one attached hydrogen (secondary N) is 1. The van der Waals surface area contributed by atoms with E-state index >= 15 is 0 Å². The molecule has 0 amide bonds. The number of esters is 1. The van der Waals surface area contributed by atoms with Crippen LogP contribution in [0, 0.1) is 0 Å². The van der Waals surface area contributed by atoms with Crippen LogP contribution in [0.2, 0.25) is 0 Å². The van der Waals surface area contributed by atoms with E-state index in [1.807, 2.05) is 30.3 Å². The molecule has 0 atom stereocenters. The Morgan fingerprint density at radius 3 is 2.67 bits per heavy atom. The summed E-state index contributed by atoms with van der Waals surface area (Å²) in [6.07, 6.45) is 0. The van der Waals surface area contributed by atoms with Crippen LogP contribution in [0.25, 0.3) is 5.70 Å². The second kappa shape index (κ2) is 5.86. The minimum atomic E-state index is -0.269. The van der Waals surface area contributed by atoms with Crippen LogP contribution < -0.4 is 5.32 Å². The number of rotatable bonds is 5. The fourth-order valence-electron chi connectivity index (χ4n) is 1.13. The van der Waals surface area contributed by atoms with Crippen molar-refractivity contribution in [3.05, 3.63) is 42.5 Å². The fourth-order valence-corrected chi connectivity index (χ4v) is 1.13. The SMILES string of the molecule is C=C(NCC(=O)OCC)c1ccccc1. The van der Waals surface area contributed by atoms with Crippen LogP contribution in [0.3, 0.4) is 0 Å². The molecular formula is C12H15NO2. The smallest absolute Gasteiger partial charge is 0.325 e. The van der Waals surface area contributed by atoms with Gasteiger partial charge in [0.25, 0.3) is 0 Å². The number of carbonyl (C=O) groups excluding carboxylic acids is 1. The summed E-state index contributed by atoms with van der Waals surface area (Å²) in [7, 11) is 0. The van der Waals surface area contributed by atoms with E-state index in [2.05, 4.69) is 11.9 Å². The highest BCUT2D eigenvalue weighted by molar-refractivity contribution is 5.74. The number of benzene rings is 1. The highest BCUT2D eigenvalue weighted by Crippen LogP contribution is 2.07. The van der Waals surface area contributed by atoms with Gasteiger partial charge in [-0.2, -0.15) is 0 Å².